The Morgan fingerprint density at radius 2 is 1.79 bits per heavy atom. The first kappa shape index (κ1) is 8.94. The summed E-state index contributed by atoms with van der Waals surface area (Å²) >= 11 is 0. The molecule has 0 saturated heterocycles. The van der Waals surface area contributed by atoms with Gasteiger partial charge in [-0.1, -0.05) is 6.07 Å². The first-order valence-electron chi connectivity index (χ1n) is 4.65. The van der Waals surface area contributed by atoms with Gasteiger partial charge in [0, 0.05) is 16.8 Å². The SMILES string of the molecule is Cc1ccc2c(c(C)c(C)n2N)c1N. The number of hydrogen-bond acceptors (Lipinski definition) is 2. The third-order valence-corrected chi connectivity index (χ3v) is 2.98. The Hall–Kier alpha value is -1.64. The molecule has 0 bridgehead atoms. The summed E-state index contributed by atoms with van der Waals surface area (Å²) in [4.78, 5) is 0. The molecule has 0 amide bonds. The smallest absolute Gasteiger partial charge is 0.0716 e. The van der Waals surface area contributed by atoms with Gasteiger partial charge in [0.05, 0.1) is 5.52 Å². The Bertz CT molecular complexity index is 509. The zero-order chi connectivity index (χ0) is 10.5. The van der Waals surface area contributed by atoms with E-state index in [0.29, 0.717) is 0 Å². The average molecular weight is 189 g/mol. The van der Waals surface area contributed by atoms with Gasteiger partial charge in [-0.25, -0.2) is 0 Å². The van der Waals surface area contributed by atoms with E-state index in [0.717, 1.165) is 27.8 Å². The summed E-state index contributed by atoms with van der Waals surface area (Å²) in [5.74, 6) is 5.92. The van der Waals surface area contributed by atoms with Crippen molar-refractivity contribution in [3.8, 4) is 0 Å². The Kier molecular flexibility index (Phi) is 1.71. The lowest BCUT2D eigenvalue weighted by Crippen LogP contribution is -2.09. The maximum Gasteiger partial charge on any atom is 0.0716 e. The first-order chi connectivity index (χ1) is 6.54. The summed E-state index contributed by atoms with van der Waals surface area (Å²) in [6, 6.07) is 4.01. The van der Waals surface area contributed by atoms with E-state index in [2.05, 4.69) is 6.92 Å². The van der Waals surface area contributed by atoms with Crippen molar-refractivity contribution in [2.45, 2.75) is 20.8 Å². The van der Waals surface area contributed by atoms with Crippen LogP contribution < -0.4 is 11.6 Å². The molecular formula is C11H15N3. The molecular weight excluding hydrogens is 174 g/mol. The second kappa shape index (κ2) is 2.67. The molecule has 1 heterocycles. The molecule has 0 fully saturated rings. The molecule has 2 aromatic rings. The second-order valence-electron chi connectivity index (χ2n) is 3.77. The van der Waals surface area contributed by atoms with E-state index in [9.17, 15) is 0 Å². The summed E-state index contributed by atoms with van der Waals surface area (Å²) in [6.45, 7) is 6.07. The number of nitrogen functional groups attached to an aromatic ring is 2. The Morgan fingerprint density at radius 1 is 1.14 bits per heavy atom. The van der Waals surface area contributed by atoms with Crippen LogP contribution in [0, 0.1) is 20.8 Å². The van der Waals surface area contributed by atoms with Crippen molar-refractivity contribution < 1.29 is 0 Å². The fourth-order valence-corrected chi connectivity index (χ4v) is 1.85. The van der Waals surface area contributed by atoms with Gasteiger partial charge in [-0.2, -0.15) is 0 Å². The van der Waals surface area contributed by atoms with Gasteiger partial charge in [0.1, 0.15) is 0 Å². The zero-order valence-electron chi connectivity index (χ0n) is 8.76. The van der Waals surface area contributed by atoms with Crippen LogP contribution in [0.1, 0.15) is 16.8 Å². The van der Waals surface area contributed by atoms with Crippen LogP contribution in [-0.4, -0.2) is 4.68 Å². The number of fused-ring (bicyclic) bond motifs is 1. The Balaban J connectivity index is 3.03. The number of aromatic nitrogens is 1. The van der Waals surface area contributed by atoms with Crippen LogP contribution in [0.5, 0.6) is 0 Å². The number of anilines is 1. The fraction of sp³-hybridized carbons (Fsp3) is 0.273. The Morgan fingerprint density at radius 3 is 2.43 bits per heavy atom. The largest absolute Gasteiger partial charge is 0.398 e. The number of rotatable bonds is 0. The van der Waals surface area contributed by atoms with Crippen LogP contribution >= 0.6 is 0 Å². The van der Waals surface area contributed by atoms with Crippen molar-refractivity contribution in [3.05, 3.63) is 29.0 Å². The molecule has 3 nitrogen and oxygen atoms in total. The highest BCUT2D eigenvalue weighted by atomic mass is 15.3. The summed E-state index contributed by atoms with van der Waals surface area (Å²) in [7, 11) is 0. The van der Waals surface area contributed by atoms with Crippen LogP contribution in [0.15, 0.2) is 12.1 Å². The van der Waals surface area contributed by atoms with Crippen LogP contribution in [0.2, 0.25) is 0 Å². The minimum absolute atomic E-state index is 0.840. The zero-order valence-corrected chi connectivity index (χ0v) is 8.76. The van der Waals surface area contributed by atoms with Gasteiger partial charge >= 0.3 is 0 Å². The van der Waals surface area contributed by atoms with Gasteiger partial charge in [-0.15, -0.1) is 0 Å². The third-order valence-electron chi connectivity index (χ3n) is 2.98. The van der Waals surface area contributed by atoms with E-state index in [-0.39, 0.29) is 0 Å². The lowest BCUT2D eigenvalue weighted by molar-refractivity contribution is 0.989. The normalized spacial score (nSPS) is 11.1. The maximum absolute atomic E-state index is 6.03. The molecule has 0 spiro atoms. The molecule has 4 N–H and O–H groups in total. The number of aryl methyl sites for hydroxylation is 2. The molecule has 0 aliphatic heterocycles. The molecule has 74 valence electrons. The molecule has 0 saturated carbocycles. The van der Waals surface area contributed by atoms with Crippen LogP contribution in [0.3, 0.4) is 0 Å². The number of benzene rings is 1. The van der Waals surface area contributed by atoms with Crippen LogP contribution in [-0.2, 0) is 0 Å². The van der Waals surface area contributed by atoms with E-state index in [4.69, 9.17) is 11.6 Å². The third kappa shape index (κ3) is 0.923. The second-order valence-corrected chi connectivity index (χ2v) is 3.77. The highest BCUT2D eigenvalue weighted by molar-refractivity contribution is 5.96. The summed E-state index contributed by atoms with van der Waals surface area (Å²) in [6.07, 6.45) is 0. The molecule has 0 aliphatic carbocycles. The van der Waals surface area contributed by atoms with Gasteiger partial charge in [0.15, 0.2) is 0 Å². The molecule has 0 aliphatic rings. The van der Waals surface area contributed by atoms with Gasteiger partial charge in [0.2, 0.25) is 0 Å². The topological polar surface area (TPSA) is 57.0 Å². The molecule has 1 aromatic heterocycles. The van der Waals surface area contributed by atoms with Crippen LogP contribution in [0.4, 0.5) is 5.69 Å². The van der Waals surface area contributed by atoms with Gasteiger partial charge in [0.25, 0.3) is 0 Å². The van der Waals surface area contributed by atoms with Gasteiger partial charge < -0.3 is 11.6 Å². The first-order valence-corrected chi connectivity index (χ1v) is 4.65. The van der Waals surface area contributed by atoms with Crippen molar-refractivity contribution in [1.29, 1.82) is 0 Å². The maximum atomic E-state index is 6.03. The highest BCUT2D eigenvalue weighted by Crippen LogP contribution is 2.30. The molecule has 14 heavy (non-hydrogen) atoms. The molecule has 0 atom stereocenters. The van der Waals surface area contributed by atoms with E-state index in [1.807, 2.05) is 26.0 Å². The minimum Gasteiger partial charge on any atom is -0.398 e. The van der Waals surface area contributed by atoms with Crippen molar-refractivity contribution >= 4 is 16.6 Å². The fourth-order valence-electron chi connectivity index (χ4n) is 1.85. The van der Waals surface area contributed by atoms with Gasteiger partial charge in [-0.05, 0) is 38.0 Å². The van der Waals surface area contributed by atoms with E-state index >= 15 is 0 Å². The molecule has 1 aromatic carbocycles. The van der Waals surface area contributed by atoms with Crippen molar-refractivity contribution in [3.63, 3.8) is 0 Å². The standard InChI is InChI=1S/C11H15N3/c1-6-4-5-9-10(11(6)12)7(2)8(3)14(9)13/h4-5H,12-13H2,1-3H3. The van der Waals surface area contributed by atoms with E-state index in [1.165, 1.54) is 5.56 Å². The van der Waals surface area contributed by atoms with Gasteiger partial charge in [-0.3, -0.25) is 4.68 Å². The summed E-state index contributed by atoms with van der Waals surface area (Å²) < 4.78 is 1.69. The monoisotopic (exact) mass is 189 g/mol. The molecule has 2 rings (SSSR count). The minimum atomic E-state index is 0.840. The van der Waals surface area contributed by atoms with E-state index < -0.39 is 0 Å². The molecule has 3 heteroatoms. The van der Waals surface area contributed by atoms with Crippen molar-refractivity contribution in [2.75, 3.05) is 11.6 Å². The number of nitrogens with zero attached hydrogens (tertiary/aromatic N) is 1. The van der Waals surface area contributed by atoms with Crippen LogP contribution in [0.25, 0.3) is 10.9 Å². The molecule has 0 radical (unpaired) electrons. The molecule has 0 unspecified atom stereocenters. The quantitative estimate of drug-likeness (QED) is 0.491. The number of hydrogen-bond donors (Lipinski definition) is 2. The average Bonchev–Trinajstić information content (AvgIpc) is 2.38. The predicted molar refractivity (Wildman–Crippen MR) is 60.7 cm³/mol. The number of nitrogens with two attached hydrogens (primary N) is 2. The van der Waals surface area contributed by atoms with Crippen molar-refractivity contribution in [2.24, 2.45) is 0 Å². The van der Waals surface area contributed by atoms with E-state index in [1.54, 1.807) is 4.68 Å². The highest BCUT2D eigenvalue weighted by Gasteiger charge is 2.12. The van der Waals surface area contributed by atoms with Crippen molar-refractivity contribution in [1.82, 2.24) is 4.68 Å². The lowest BCUT2D eigenvalue weighted by atomic mass is 10.1. The summed E-state index contributed by atoms with van der Waals surface area (Å²) in [5, 5.41) is 1.09. The Labute approximate surface area is 83.3 Å². The lowest BCUT2D eigenvalue weighted by Gasteiger charge is -2.03. The summed E-state index contributed by atoms with van der Waals surface area (Å²) in [5.41, 5.74) is 11.2. The predicted octanol–water partition coefficient (Wildman–Crippen LogP) is 1.86.